The zero-order valence-electron chi connectivity index (χ0n) is 8.91. The fourth-order valence-corrected chi connectivity index (χ4v) is 1.09. The van der Waals surface area contributed by atoms with E-state index >= 15 is 0 Å². The van der Waals surface area contributed by atoms with Crippen LogP contribution in [-0.4, -0.2) is 41.1 Å². The lowest BCUT2D eigenvalue weighted by Crippen LogP contribution is -2.47. The van der Waals surface area contributed by atoms with E-state index in [1.807, 2.05) is 13.8 Å². The second-order valence-electron chi connectivity index (χ2n) is 2.92. The number of nitrogens with one attached hydrogen (secondary N) is 1. The van der Waals surface area contributed by atoms with Gasteiger partial charge in [0.05, 0.1) is 0 Å². The van der Waals surface area contributed by atoms with E-state index in [0.29, 0.717) is 19.5 Å². The molecule has 0 heterocycles. The van der Waals surface area contributed by atoms with Gasteiger partial charge in [0.15, 0.2) is 0 Å². The molecule has 0 aromatic heterocycles. The normalized spacial score (nSPS) is 11.9. The van der Waals surface area contributed by atoms with Crippen molar-refractivity contribution in [1.29, 1.82) is 0 Å². The van der Waals surface area contributed by atoms with Gasteiger partial charge in [-0.25, -0.2) is 9.59 Å². The van der Waals surface area contributed by atoms with Gasteiger partial charge >= 0.3 is 12.0 Å². The maximum Gasteiger partial charge on any atom is 0.326 e. The van der Waals surface area contributed by atoms with Crippen LogP contribution in [0.3, 0.4) is 0 Å². The minimum absolute atomic E-state index is 0.316. The molecule has 0 fully saturated rings. The molecule has 0 bridgehead atoms. The van der Waals surface area contributed by atoms with Gasteiger partial charge in [-0.2, -0.15) is 0 Å². The van der Waals surface area contributed by atoms with Gasteiger partial charge in [0.2, 0.25) is 0 Å². The van der Waals surface area contributed by atoms with Crippen LogP contribution in [0.1, 0.15) is 27.2 Å². The molecule has 0 saturated carbocycles. The van der Waals surface area contributed by atoms with Crippen LogP contribution in [0.4, 0.5) is 4.79 Å². The Balaban J connectivity index is 4.20. The molecular weight excluding hydrogens is 184 g/mol. The molecule has 5 heteroatoms. The quantitative estimate of drug-likeness (QED) is 0.696. The molecule has 0 aliphatic rings. The Hall–Kier alpha value is -1.26. The van der Waals surface area contributed by atoms with Crippen molar-refractivity contribution in [2.24, 2.45) is 0 Å². The Bertz CT molecular complexity index is 202. The second-order valence-corrected chi connectivity index (χ2v) is 2.92. The lowest BCUT2D eigenvalue weighted by atomic mass is 10.2. The molecular formula is C9H18N2O3. The number of carboxylic acids is 1. The van der Waals surface area contributed by atoms with Gasteiger partial charge in [0, 0.05) is 13.1 Å². The summed E-state index contributed by atoms with van der Waals surface area (Å²) in [5.74, 6) is -0.993. The molecule has 82 valence electrons. The lowest BCUT2D eigenvalue weighted by Gasteiger charge is -2.21. The molecule has 0 spiro atoms. The van der Waals surface area contributed by atoms with Gasteiger partial charge in [0.25, 0.3) is 0 Å². The molecule has 0 aliphatic carbocycles. The van der Waals surface area contributed by atoms with Gasteiger partial charge in [0.1, 0.15) is 6.04 Å². The van der Waals surface area contributed by atoms with Crippen LogP contribution >= 0.6 is 0 Å². The van der Waals surface area contributed by atoms with Crippen LogP contribution < -0.4 is 5.32 Å². The molecule has 0 rings (SSSR count). The smallest absolute Gasteiger partial charge is 0.326 e. The Labute approximate surface area is 84.1 Å². The Kier molecular flexibility index (Phi) is 5.67. The first kappa shape index (κ1) is 12.7. The van der Waals surface area contributed by atoms with Gasteiger partial charge in [-0.05, 0) is 20.3 Å². The van der Waals surface area contributed by atoms with Crippen molar-refractivity contribution >= 4 is 12.0 Å². The Morgan fingerprint density at radius 2 is 1.79 bits per heavy atom. The van der Waals surface area contributed by atoms with E-state index in [1.54, 1.807) is 11.8 Å². The van der Waals surface area contributed by atoms with Crippen LogP contribution in [0.15, 0.2) is 0 Å². The van der Waals surface area contributed by atoms with Gasteiger partial charge in [-0.3, -0.25) is 0 Å². The summed E-state index contributed by atoms with van der Waals surface area (Å²) in [6, 6.07) is -1.10. The highest BCUT2D eigenvalue weighted by molar-refractivity contribution is 5.82. The number of nitrogens with zero attached hydrogens (tertiary/aromatic N) is 1. The highest BCUT2D eigenvalue weighted by Crippen LogP contribution is 1.94. The average Bonchev–Trinajstić information content (AvgIpc) is 2.15. The largest absolute Gasteiger partial charge is 0.480 e. The van der Waals surface area contributed by atoms with E-state index in [4.69, 9.17) is 5.11 Å². The highest BCUT2D eigenvalue weighted by atomic mass is 16.4. The summed E-state index contributed by atoms with van der Waals surface area (Å²) in [7, 11) is 0. The van der Waals surface area contributed by atoms with Gasteiger partial charge in [-0.1, -0.05) is 6.92 Å². The van der Waals surface area contributed by atoms with Crippen molar-refractivity contribution in [3.05, 3.63) is 0 Å². The molecule has 14 heavy (non-hydrogen) atoms. The number of carboxylic acid groups (broad SMARTS) is 1. The standard InChI is InChI=1S/C9H18N2O3/c1-4-7(8(12)13)10-9(14)11(5-2)6-3/h7H,4-6H2,1-3H3,(H,10,14)(H,12,13)/t7-/m1/s1. The summed E-state index contributed by atoms with van der Waals surface area (Å²) in [6.07, 6.45) is 0.391. The topological polar surface area (TPSA) is 69.6 Å². The first-order chi connectivity index (χ1) is 6.56. The highest BCUT2D eigenvalue weighted by Gasteiger charge is 2.19. The molecule has 0 unspecified atom stereocenters. The number of hydrogen-bond acceptors (Lipinski definition) is 2. The van der Waals surface area contributed by atoms with Crippen molar-refractivity contribution in [3.8, 4) is 0 Å². The SMILES string of the molecule is CC[C@@H](NC(=O)N(CC)CC)C(=O)O. The number of carbonyl (C=O) groups excluding carboxylic acids is 1. The zero-order chi connectivity index (χ0) is 11.1. The fraction of sp³-hybridized carbons (Fsp3) is 0.778. The molecule has 1 atom stereocenters. The molecule has 0 aromatic carbocycles. The number of amides is 2. The summed E-state index contributed by atoms with van der Waals surface area (Å²) in [4.78, 5) is 23.6. The summed E-state index contributed by atoms with van der Waals surface area (Å²) in [6.45, 7) is 6.59. The van der Waals surface area contributed by atoms with Gasteiger partial charge in [-0.15, -0.1) is 0 Å². The van der Waals surface area contributed by atoms with Crippen molar-refractivity contribution in [1.82, 2.24) is 10.2 Å². The van der Waals surface area contributed by atoms with Crippen molar-refractivity contribution in [3.63, 3.8) is 0 Å². The lowest BCUT2D eigenvalue weighted by molar-refractivity contribution is -0.139. The van der Waals surface area contributed by atoms with E-state index < -0.39 is 12.0 Å². The van der Waals surface area contributed by atoms with Crippen LogP contribution in [-0.2, 0) is 4.79 Å². The fourth-order valence-electron chi connectivity index (χ4n) is 1.09. The maximum atomic E-state index is 11.4. The van der Waals surface area contributed by atoms with Crippen molar-refractivity contribution in [2.45, 2.75) is 33.2 Å². The number of rotatable bonds is 5. The third kappa shape index (κ3) is 3.64. The molecule has 2 amide bonds. The van der Waals surface area contributed by atoms with Crippen LogP contribution in [0, 0.1) is 0 Å². The Morgan fingerprint density at radius 1 is 1.29 bits per heavy atom. The monoisotopic (exact) mass is 202 g/mol. The van der Waals surface area contributed by atoms with E-state index in [1.165, 1.54) is 0 Å². The third-order valence-corrected chi connectivity index (χ3v) is 2.05. The minimum atomic E-state index is -0.993. The molecule has 0 aromatic rings. The van der Waals surface area contributed by atoms with E-state index in [-0.39, 0.29) is 6.03 Å². The predicted molar refractivity (Wildman–Crippen MR) is 53.2 cm³/mol. The molecule has 0 saturated heterocycles. The van der Waals surface area contributed by atoms with Crippen LogP contribution in [0.2, 0.25) is 0 Å². The summed E-state index contributed by atoms with van der Waals surface area (Å²) >= 11 is 0. The van der Waals surface area contributed by atoms with Crippen molar-refractivity contribution in [2.75, 3.05) is 13.1 Å². The number of urea groups is 1. The molecule has 5 nitrogen and oxygen atoms in total. The minimum Gasteiger partial charge on any atom is -0.480 e. The molecule has 0 aliphatic heterocycles. The third-order valence-electron chi connectivity index (χ3n) is 2.05. The number of carbonyl (C=O) groups is 2. The Morgan fingerprint density at radius 3 is 2.07 bits per heavy atom. The van der Waals surface area contributed by atoms with Crippen LogP contribution in [0.25, 0.3) is 0 Å². The summed E-state index contributed by atoms with van der Waals surface area (Å²) in [5, 5.41) is 11.2. The van der Waals surface area contributed by atoms with Gasteiger partial charge < -0.3 is 15.3 Å². The second kappa shape index (κ2) is 6.23. The van der Waals surface area contributed by atoms with Crippen molar-refractivity contribution < 1.29 is 14.7 Å². The average molecular weight is 202 g/mol. The molecule has 0 radical (unpaired) electrons. The summed E-state index contributed by atoms with van der Waals surface area (Å²) in [5.41, 5.74) is 0. The molecule has 2 N–H and O–H groups in total. The number of hydrogen-bond donors (Lipinski definition) is 2. The van der Waals surface area contributed by atoms with E-state index in [2.05, 4.69) is 5.32 Å². The zero-order valence-corrected chi connectivity index (χ0v) is 8.91. The predicted octanol–water partition coefficient (Wildman–Crippen LogP) is 0.901. The maximum absolute atomic E-state index is 11.4. The van der Waals surface area contributed by atoms with E-state index in [0.717, 1.165) is 0 Å². The first-order valence-corrected chi connectivity index (χ1v) is 4.84. The van der Waals surface area contributed by atoms with E-state index in [9.17, 15) is 9.59 Å². The summed E-state index contributed by atoms with van der Waals surface area (Å²) < 4.78 is 0. The number of aliphatic carboxylic acids is 1. The first-order valence-electron chi connectivity index (χ1n) is 4.84. The van der Waals surface area contributed by atoms with Crippen LogP contribution in [0.5, 0.6) is 0 Å².